The number of imide groups is 1. The van der Waals surface area contributed by atoms with E-state index in [0.29, 0.717) is 19.1 Å². The Balaban J connectivity index is 2.12. The first-order chi connectivity index (χ1) is 13.2. The standard InChI is InChI=1S/C18H26N4O6/c1-12(11-23)20-18(28)13(2)21-15(25)6-4-3-5-14(24)19-9-10-22-16(26)7-8-17(22)27/h7-8,11-13H,3-6,9-10H2,1-2H3,(H,19,24)(H,20,28)(H,21,25). The zero-order valence-electron chi connectivity index (χ0n) is 16.0. The molecule has 0 spiro atoms. The first-order valence-electron chi connectivity index (χ1n) is 9.10. The number of aldehydes is 1. The van der Waals surface area contributed by atoms with Crippen molar-refractivity contribution in [1.29, 1.82) is 0 Å². The van der Waals surface area contributed by atoms with Crippen LogP contribution in [-0.4, -0.2) is 65.9 Å². The number of hydrogen-bond acceptors (Lipinski definition) is 6. The van der Waals surface area contributed by atoms with Crippen LogP contribution in [0.2, 0.25) is 0 Å². The van der Waals surface area contributed by atoms with Crippen LogP contribution in [0, 0.1) is 0 Å². The van der Waals surface area contributed by atoms with Crippen molar-refractivity contribution in [1.82, 2.24) is 20.9 Å². The number of nitrogens with one attached hydrogen (secondary N) is 3. The van der Waals surface area contributed by atoms with Gasteiger partial charge in [0.25, 0.3) is 11.8 Å². The molecule has 1 aliphatic heterocycles. The Hall–Kier alpha value is -3.04. The molecule has 5 amide bonds. The lowest BCUT2D eigenvalue weighted by molar-refractivity contribution is -0.137. The number of nitrogens with zero attached hydrogens (tertiary/aromatic N) is 1. The van der Waals surface area contributed by atoms with E-state index in [1.165, 1.54) is 26.0 Å². The molecule has 3 N–H and O–H groups in total. The summed E-state index contributed by atoms with van der Waals surface area (Å²) < 4.78 is 0. The normalized spacial score (nSPS) is 15.1. The zero-order valence-corrected chi connectivity index (χ0v) is 16.0. The molecule has 0 aromatic carbocycles. The van der Waals surface area contributed by atoms with Crippen LogP contribution in [0.15, 0.2) is 12.2 Å². The Morgan fingerprint density at radius 2 is 1.57 bits per heavy atom. The maximum absolute atomic E-state index is 11.8. The average Bonchev–Trinajstić information content (AvgIpc) is 2.96. The largest absolute Gasteiger partial charge is 0.354 e. The summed E-state index contributed by atoms with van der Waals surface area (Å²) in [7, 11) is 0. The summed E-state index contributed by atoms with van der Waals surface area (Å²) in [6.45, 7) is 3.33. The Kier molecular flexibility index (Phi) is 9.55. The molecule has 10 nitrogen and oxygen atoms in total. The third-order valence-corrected chi connectivity index (χ3v) is 3.96. The predicted molar refractivity (Wildman–Crippen MR) is 98.6 cm³/mol. The highest BCUT2D eigenvalue weighted by molar-refractivity contribution is 6.12. The lowest BCUT2D eigenvalue weighted by Crippen LogP contribution is -2.47. The van der Waals surface area contributed by atoms with Crippen molar-refractivity contribution < 1.29 is 28.8 Å². The molecule has 0 bridgehead atoms. The number of carbonyl (C=O) groups is 6. The molecule has 0 aliphatic carbocycles. The highest BCUT2D eigenvalue weighted by Crippen LogP contribution is 2.03. The van der Waals surface area contributed by atoms with E-state index < -0.39 is 29.8 Å². The van der Waals surface area contributed by atoms with Crippen LogP contribution < -0.4 is 16.0 Å². The van der Waals surface area contributed by atoms with Gasteiger partial charge in [-0.3, -0.25) is 28.9 Å². The third kappa shape index (κ3) is 8.11. The number of rotatable bonds is 12. The van der Waals surface area contributed by atoms with Crippen molar-refractivity contribution in [3.8, 4) is 0 Å². The molecule has 0 fully saturated rings. The lowest BCUT2D eigenvalue weighted by Gasteiger charge is -2.15. The SMILES string of the molecule is CC(C=O)NC(=O)C(C)NC(=O)CCCCC(=O)NCCN1C(=O)C=CC1=O. The maximum Gasteiger partial charge on any atom is 0.253 e. The minimum Gasteiger partial charge on any atom is -0.354 e. The third-order valence-electron chi connectivity index (χ3n) is 3.96. The number of unbranched alkanes of at least 4 members (excludes halogenated alkanes) is 1. The number of amides is 5. The Morgan fingerprint density at radius 1 is 1.00 bits per heavy atom. The molecule has 0 radical (unpaired) electrons. The molecular formula is C18H26N4O6. The van der Waals surface area contributed by atoms with Crippen molar-refractivity contribution in [3.63, 3.8) is 0 Å². The highest BCUT2D eigenvalue weighted by atomic mass is 16.2. The minimum atomic E-state index is -0.760. The summed E-state index contributed by atoms with van der Waals surface area (Å²) in [5, 5.41) is 7.58. The second-order valence-corrected chi connectivity index (χ2v) is 6.44. The zero-order chi connectivity index (χ0) is 21.1. The molecule has 1 aliphatic rings. The van der Waals surface area contributed by atoms with Crippen LogP contribution in [0.25, 0.3) is 0 Å². The van der Waals surface area contributed by atoms with E-state index in [1.807, 2.05) is 0 Å². The van der Waals surface area contributed by atoms with Crippen molar-refractivity contribution in [3.05, 3.63) is 12.2 Å². The highest BCUT2D eigenvalue weighted by Gasteiger charge is 2.22. The topological polar surface area (TPSA) is 142 Å². The summed E-state index contributed by atoms with van der Waals surface area (Å²) in [5.41, 5.74) is 0. The fourth-order valence-electron chi connectivity index (χ4n) is 2.38. The molecule has 0 aromatic rings. The maximum atomic E-state index is 11.8. The monoisotopic (exact) mass is 394 g/mol. The van der Waals surface area contributed by atoms with E-state index in [4.69, 9.17) is 0 Å². The summed E-state index contributed by atoms with van der Waals surface area (Å²) >= 11 is 0. The Labute approximate surface area is 163 Å². The predicted octanol–water partition coefficient (Wildman–Crippen LogP) is -1.20. The van der Waals surface area contributed by atoms with Gasteiger partial charge in [0.1, 0.15) is 12.3 Å². The summed E-state index contributed by atoms with van der Waals surface area (Å²) in [6.07, 6.45) is 4.27. The van der Waals surface area contributed by atoms with Crippen LogP contribution >= 0.6 is 0 Å². The molecule has 10 heteroatoms. The van der Waals surface area contributed by atoms with E-state index in [0.717, 1.165) is 4.90 Å². The van der Waals surface area contributed by atoms with Gasteiger partial charge in [-0.1, -0.05) is 0 Å². The van der Waals surface area contributed by atoms with Gasteiger partial charge in [0.15, 0.2) is 0 Å². The van der Waals surface area contributed by atoms with E-state index in [9.17, 15) is 28.8 Å². The van der Waals surface area contributed by atoms with Crippen LogP contribution in [-0.2, 0) is 28.8 Å². The molecule has 1 heterocycles. The molecule has 28 heavy (non-hydrogen) atoms. The van der Waals surface area contributed by atoms with Gasteiger partial charge in [-0.25, -0.2) is 0 Å². The van der Waals surface area contributed by atoms with Crippen molar-refractivity contribution >= 4 is 35.8 Å². The lowest BCUT2D eigenvalue weighted by atomic mass is 10.1. The molecule has 0 saturated heterocycles. The van der Waals surface area contributed by atoms with Crippen LogP contribution in [0.5, 0.6) is 0 Å². The average molecular weight is 394 g/mol. The van der Waals surface area contributed by atoms with Gasteiger partial charge < -0.3 is 20.7 Å². The molecule has 0 saturated carbocycles. The van der Waals surface area contributed by atoms with Crippen LogP contribution in [0.4, 0.5) is 0 Å². The van der Waals surface area contributed by atoms with Crippen LogP contribution in [0.1, 0.15) is 39.5 Å². The number of carbonyl (C=O) groups excluding carboxylic acids is 6. The molecular weight excluding hydrogens is 368 g/mol. The van der Waals surface area contributed by atoms with Gasteiger partial charge in [-0.2, -0.15) is 0 Å². The fraction of sp³-hybridized carbons (Fsp3) is 0.556. The molecule has 0 aromatic heterocycles. The van der Waals surface area contributed by atoms with Gasteiger partial charge >= 0.3 is 0 Å². The molecule has 2 atom stereocenters. The van der Waals surface area contributed by atoms with E-state index in [1.54, 1.807) is 0 Å². The van der Waals surface area contributed by atoms with E-state index >= 15 is 0 Å². The summed E-state index contributed by atoms with van der Waals surface area (Å²) in [5.74, 6) is -1.79. The van der Waals surface area contributed by atoms with Gasteiger partial charge in [0.2, 0.25) is 17.7 Å². The number of hydrogen-bond donors (Lipinski definition) is 3. The second kappa shape index (κ2) is 11.6. The van der Waals surface area contributed by atoms with Gasteiger partial charge in [-0.05, 0) is 26.7 Å². The summed E-state index contributed by atoms with van der Waals surface area (Å²) in [6, 6.07) is -1.38. The Bertz CT molecular complexity index is 642. The van der Waals surface area contributed by atoms with Crippen molar-refractivity contribution in [2.75, 3.05) is 13.1 Å². The smallest absolute Gasteiger partial charge is 0.253 e. The summed E-state index contributed by atoms with van der Waals surface area (Å²) in [4.78, 5) is 69.5. The molecule has 1 rings (SSSR count). The minimum absolute atomic E-state index is 0.113. The molecule has 2 unspecified atom stereocenters. The van der Waals surface area contributed by atoms with Crippen molar-refractivity contribution in [2.24, 2.45) is 0 Å². The van der Waals surface area contributed by atoms with E-state index in [2.05, 4.69) is 16.0 Å². The van der Waals surface area contributed by atoms with Gasteiger partial charge in [-0.15, -0.1) is 0 Å². The van der Waals surface area contributed by atoms with Gasteiger partial charge in [0, 0.05) is 38.1 Å². The van der Waals surface area contributed by atoms with Gasteiger partial charge in [0.05, 0.1) is 6.04 Å². The first kappa shape index (κ1) is 23.0. The Morgan fingerprint density at radius 3 is 2.14 bits per heavy atom. The van der Waals surface area contributed by atoms with E-state index in [-0.39, 0.29) is 37.7 Å². The van der Waals surface area contributed by atoms with Crippen LogP contribution in [0.3, 0.4) is 0 Å². The second-order valence-electron chi connectivity index (χ2n) is 6.44. The molecule has 154 valence electrons. The van der Waals surface area contributed by atoms with Crippen molar-refractivity contribution in [2.45, 2.75) is 51.6 Å². The first-order valence-corrected chi connectivity index (χ1v) is 9.10. The fourth-order valence-corrected chi connectivity index (χ4v) is 2.38. The quantitative estimate of drug-likeness (QED) is 0.216.